The normalized spacial score (nSPS) is 12.3. The first-order valence-electron chi connectivity index (χ1n) is 9.59. The van der Waals surface area contributed by atoms with Gasteiger partial charge in [0.1, 0.15) is 0 Å². The standard InChI is InChI=1S/C22H30N2O3S/c1-5-12-27-20-9-7-17(14-21(20)26-6-2)8-10-22(25)23-15-19(24(3)4)18-11-13-28-16-18/h7-11,13-14,16,19H,5-6,12,15H2,1-4H3,(H,23,25). The van der Waals surface area contributed by atoms with Gasteiger partial charge in [-0.15, -0.1) is 0 Å². The third-order valence-corrected chi connectivity index (χ3v) is 4.88. The molecule has 2 rings (SSSR count). The monoisotopic (exact) mass is 402 g/mol. The van der Waals surface area contributed by atoms with Crippen LogP contribution in [0.2, 0.25) is 0 Å². The van der Waals surface area contributed by atoms with Crippen molar-refractivity contribution >= 4 is 23.3 Å². The van der Waals surface area contributed by atoms with E-state index < -0.39 is 0 Å². The molecule has 5 nitrogen and oxygen atoms in total. The quantitative estimate of drug-likeness (QED) is 0.567. The van der Waals surface area contributed by atoms with Crippen LogP contribution in [0.15, 0.2) is 41.1 Å². The van der Waals surface area contributed by atoms with Gasteiger partial charge in [-0.1, -0.05) is 13.0 Å². The summed E-state index contributed by atoms with van der Waals surface area (Å²) in [6, 6.07) is 7.95. The van der Waals surface area contributed by atoms with E-state index in [0.717, 1.165) is 17.7 Å². The van der Waals surface area contributed by atoms with E-state index in [2.05, 4.69) is 34.0 Å². The van der Waals surface area contributed by atoms with Crippen LogP contribution in [0, 0.1) is 0 Å². The smallest absolute Gasteiger partial charge is 0.244 e. The molecule has 1 N–H and O–H groups in total. The highest BCUT2D eigenvalue weighted by molar-refractivity contribution is 7.07. The molecule has 1 aromatic carbocycles. The summed E-state index contributed by atoms with van der Waals surface area (Å²) in [4.78, 5) is 14.4. The Morgan fingerprint density at radius 1 is 1.21 bits per heavy atom. The average Bonchev–Trinajstić information content (AvgIpc) is 3.20. The van der Waals surface area contributed by atoms with Gasteiger partial charge in [0.05, 0.1) is 19.3 Å². The van der Waals surface area contributed by atoms with Crippen LogP contribution in [0.3, 0.4) is 0 Å². The minimum absolute atomic E-state index is 0.119. The maximum absolute atomic E-state index is 12.3. The minimum atomic E-state index is -0.119. The first-order chi connectivity index (χ1) is 13.5. The molecule has 0 aliphatic rings. The Bertz CT molecular complexity index is 757. The van der Waals surface area contributed by atoms with Crippen molar-refractivity contribution in [2.75, 3.05) is 33.9 Å². The van der Waals surface area contributed by atoms with E-state index in [1.54, 1.807) is 23.5 Å². The number of nitrogens with one attached hydrogen (secondary N) is 1. The first-order valence-corrected chi connectivity index (χ1v) is 10.5. The maximum Gasteiger partial charge on any atom is 0.244 e. The summed E-state index contributed by atoms with van der Waals surface area (Å²) >= 11 is 1.66. The van der Waals surface area contributed by atoms with Gasteiger partial charge in [-0.2, -0.15) is 11.3 Å². The summed E-state index contributed by atoms with van der Waals surface area (Å²) in [5.41, 5.74) is 2.10. The number of amides is 1. The first kappa shape index (κ1) is 22.0. The molecule has 1 amide bonds. The zero-order valence-corrected chi connectivity index (χ0v) is 17.9. The van der Waals surface area contributed by atoms with Crippen molar-refractivity contribution in [3.63, 3.8) is 0 Å². The lowest BCUT2D eigenvalue weighted by Gasteiger charge is -2.23. The van der Waals surface area contributed by atoms with Crippen molar-refractivity contribution in [2.45, 2.75) is 26.3 Å². The molecule has 1 atom stereocenters. The van der Waals surface area contributed by atoms with Crippen molar-refractivity contribution in [1.82, 2.24) is 10.2 Å². The summed E-state index contributed by atoms with van der Waals surface area (Å²) in [6.45, 7) is 5.77. The molecule has 1 aromatic heterocycles. The Labute approximate surface area is 172 Å². The second-order valence-electron chi connectivity index (χ2n) is 6.60. The van der Waals surface area contributed by atoms with Crippen molar-refractivity contribution in [1.29, 1.82) is 0 Å². The van der Waals surface area contributed by atoms with Crippen LogP contribution >= 0.6 is 11.3 Å². The molecule has 1 heterocycles. The maximum atomic E-state index is 12.3. The van der Waals surface area contributed by atoms with E-state index in [-0.39, 0.29) is 11.9 Å². The predicted molar refractivity (Wildman–Crippen MR) is 116 cm³/mol. The summed E-state index contributed by atoms with van der Waals surface area (Å²) in [5.74, 6) is 1.31. The summed E-state index contributed by atoms with van der Waals surface area (Å²) in [7, 11) is 4.03. The molecule has 0 saturated heterocycles. The molecule has 6 heteroatoms. The van der Waals surface area contributed by atoms with E-state index >= 15 is 0 Å². The second kappa shape index (κ2) is 11.5. The van der Waals surface area contributed by atoms with Gasteiger partial charge in [0.15, 0.2) is 11.5 Å². The lowest BCUT2D eigenvalue weighted by atomic mass is 10.1. The fourth-order valence-corrected chi connectivity index (χ4v) is 3.43. The Hall–Kier alpha value is -2.31. The van der Waals surface area contributed by atoms with Gasteiger partial charge in [0, 0.05) is 12.6 Å². The minimum Gasteiger partial charge on any atom is -0.490 e. The van der Waals surface area contributed by atoms with Crippen molar-refractivity contribution < 1.29 is 14.3 Å². The molecule has 0 saturated carbocycles. The number of likely N-dealkylation sites (N-methyl/N-ethyl adjacent to an activating group) is 1. The number of hydrogen-bond acceptors (Lipinski definition) is 5. The van der Waals surface area contributed by atoms with Gasteiger partial charge < -0.3 is 19.7 Å². The number of nitrogens with zero attached hydrogens (tertiary/aromatic N) is 1. The Balaban J connectivity index is 1.98. The van der Waals surface area contributed by atoms with E-state index in [0.29, 0.717) is 25.5 Å². The van der Waals surface area contributed by atoms with E-state index in [9.17, 15) is 4.79 Å². The summed E-state index contributed by atoms with van der Waals surface area (Å²) < 4.78 is 11.4. The SMILES string of the molecule is CCCOc1ccc(C=CC(=O)NCC(c2ccsc2)N(C)C)cc1OCC. The molecule has 0 aliphatic carbocycles. The fraction of sp³-hybridized carbons (Fsp3) is 0.409. The predicted octanol–water partition coefficient (Wildman–Crippen LogP) is 4.37. The molecular formula is C22H30N2O3S. The fourth-order valence-electron chi connectivity index (χ4n) is 2.72. The molecule has 0 aliphatic heterocycles. The Kier molecular flexibility index (Phi) is 9.04. The van der Waals surface area contributed by atoms with Gasteiger partial charge in [-0.3, -0.25) is 4.79 Å². The second-order valence-corrected chi connectivity index (χ2v) is 7.38. The average molecular weight is 403 g/mol. The Morgan fingerprint density at radius 2 is 2.04 bits per heavy atom. The zero-order valence-electron chi connectivity index (χ0n) is 17.1. The van der Waals surface area contributed by atoms with E-state index in [4.69, 9.17) is 9.47 Å². The third-order valence-electron chi connectivity index (χ3n) is 4.18. The topological polar surface area (TPSA) is 50.8 Å². The molecule has 152 valence electrons. The summed E-state index contributed by atoms with van der Waals surface area (Å²) in [5, 5.41) is 7.15. The van der Waals surface area contributed by atoms with Crippen LogP contribution in [-0.2, 0) is 4.79 Å². The number of thiophene rings is 1. The van der Waals surface area contributed by atoms with Gasteiger partial charge in [0.2, 0.25) is 5.91 Å². The van der Waals surface area contributed by atoms with Crippen molar-refractivity contribution in [3.8, 4) is 11.5 Å². The molecule has 2 aromatic rings. The van der Waals surface area contributed by atoms with Crippen LogP contribution in [-0.4, -0.2) is 44.7 Å². The lowest BCUT2D eigenvalue weighted by molar-refractivity contribution is -0.116. The van der Waals surface area contributed by atoms with E-state index in [1.165, 1.54) is 5.56 Å². The number of rotatable bonds is 11. The van der Waals surface area contributed by atoms with Gasteiger partial charge >= 0.3 is 0 Å². The number of benzene rings is 1. The molecule has 0 radical (unpaired) electrons. The van der Waals surface area contributed by atoms with Crippen LogP contribution in [0.4, 0.5) is 0 Å². The zero-order chi connectivity index (χ0) is 20.4. The van der Waals surface area contributed by atoms with Gasteiger partial charge in [-0.05, 0) is 73.6 Å². The summed E-state index contributed by atoms with van der Waals surface area (Å²) in [6.07, 6.45) is 4.28. The number of hydrogen-bond donors (Lipinski definition) is 1. The molecular weight excluding hydrogens is 372 g/mol. The van der Waals surface area contributed by atoms with Crippen molar-refractivity contribution in [2.24, 2.45) is 0 Å². The highest BCUT2D eigenvalue weighted by Crippen LogP contribution is 2.29. The highest BCUT2D eigenvalue weighted by Gasteiger charge is 2.15. The number of carbonyl (C=O) groups excluding carboxylic acids is 1. The largest absolute Gasteiger partial charge is 0.490 e. The van der Waals surface area contributed by atoms with Crippen LogP contribution < -0.4 is 14.8 Å². The van der Waals surface area contributed by atoms with Crippen LogP contribution in [0.25, 0.3) is 6.08 Å². The highest BCUT2D eigenvalue weighted by atomic mass is 32.1. The lowest BCUT2D eigenvalue weighted by Crippen LogP contribution is -2.33. The molecule has 0 bridgehead atoms. The molecule has 1 unspecified atom stereocenters. The number of ether oxygens (including phenoxy) is 2. The molecule has 0 fully saturated rings. The van der Waals surface area contributed by atoms with Gasteiger partial charge in [-0.25, -0.2) is 0 Å². The van der Waals surface area contributed by atoms with Crippen LogP contribution in [0.5, 0.6) is 11.5 Å². The molecule has 0 spiro atoms. The van der Waals surface area contributed by atoms with Crippen molar-refractivity contribution in [3.05, 3.63) is 52.2 Å². The van der Waals surface area contributed by atoms with Crippen LogP contribution in [0.1, 0.15) is 37.4 Å². The molecule has 28 heavy (non-hydrogen) atoms. The van der Waals surface area contributed by atoms with E-state index in [1.807, 2.05) is 39.2 Å². The Morgan fingerprint density at radius 3 is 2.68 bits per heavy atom. The third kappa shape index (κ3) is 6.69. The number of carbonyl (C=O) groups is 1. The van der Waals surface area contributed by atoms with Gasteiger partial charge in [0.25, 0.3) is 0 Å².